The molecule has 0 unspecified atom stereocenters. The molecule has 1 heteroatoms. The molecule has 1 N–H and O–H groups in total. The van der Waals surface area contributed by atoms with Gasteiger partial charge in [0, 0.05) is 0 Å². The lowest BCUT2D eigenvalue weighted by molar-refractivity contribution is 0.137. The summed E-state index contributed by atoms with van der Waals surface area (Å²) in [6.07, 6.45) is 7.23. The van der Waals surface area contributed by atoms with Crippen molar-refractivity contribution < 1.29 is 5.11 Å². The molecule has 1 aliphatic rings. The van der Waals surface area contributed by atoms with Gasteiger partial charge < -0.3 is 5.11 Å². The second-order valence-electron chi connectivity index (χ2n) is 2.66. The van der Waals surface area contributed by atoms with Gasteiger partial charge in [0.25, 0.3) is 0 Å². The summed E-state index contributed by atoms with van der Waals surface area (Å²) in [5.74, 6) is 0.523. The van der Waals surface area contributed by atoms with Crippen LogP contribution in [0.25, 0.3) is 0 Å². The molecule has 0 amide bonds. The highest BCUT2D eigenvalue weighted by Gasteiger charge is 2.16. The molecule has 0 saturated heterocycles. The fourth-order valence-corrected chi connectivity index (χ4v) is 1.32. The maximum Gasteiger partial charge on any atom is 0.0749 e. The minimum absolute atomic E-state index is 0.163. The van der Waals surface area contributed by atoms with E-state index in [4.69, 9.17) is 0 Å². The second-order valence-corrected chi connectivity index (χ2v) is 2.66. The van der Waals surface area contributed by atoms with Gasteiger partial charge in [-0.2, -0.15) is 0 Å². The Kier molecular flexibility index (Phi) is 2.29. The maximum absolute atomic E-state index is 9.28. The highest BCUT2D eigenvalue weighted by atomic mass is 16.3. The van der Waals surface area contributed by atoms with Crippen LogP contribution in [-0.4, -0.2) is 11.2 Å². The van der Waals surface area contributed by atoms with Crippen molar-refractivity contribution >= 4 is 0 Å². The summed E-state index contributed by atoms with van der Waals surface area (Å²) in [4.78, 5) is 0. The van der Waals surface area contributed by atoms with E-state index in [1.165, 1.54) is 0 Å². The molecule has 0 aromatic heterocycles. The van der Waals surface area contributed by atoms with Gasteiger partial charge in [-0.3, -0.25) is 0 Å². The minimum Gasteiger partial charge on any atom is -0.389 e. The summed E-state index contributed by atoms with van der Waals surface area (Å²) in [5.41, 5.74) is 0. The number of hydrogen-bond acceptors (Lipinski definition) is 1. The van der Waals surface area contributed by atoms with Crippen molar-refractivity contribution in [3.63, 3.8) is 0 Å². The molecule has 2 atom stereocenters. The third-order valence-corrected chi connectivity index (χ3v) is 2.04. The van der Waals surface area contributed by atoms with Crippen LogP contribution in [0.4, 0.5) is 0 Å². The van der Waals surface area contributed by atoms with Crippen LogP contribution >= 0.6 is 0 Å². The Labute approximate surface area is 56.4 Å². The van der Waals surface area contributed by atoms with E-state index >= 15 is 0 Å². The molecule has 52 valence electrons. The van der Waals surface area contributed by atoms with Crippen molar-refractivity contribution in [2.45, 2.75) is 32.3 Å². The Morgan fingerprint density at radius 1 is 1.67 bits per heavy atom. The second kappa shape index (κ2) is 3.02. The van der Waals surface area contributed by atoms with Gasteiger partial charge in [0.1, 0.15) is 0 Å². The predicted molar refractivity (Wildman–Crippen MR) is 38.2 cm³/mol. The predicted octanol–water partition coefficient (Wildman–Crippen LogP) is 1.72. The zero-order chi connectivity index (χ0) is 6.69. The summed E-state index contributed by atoms with van der Waals surface area (Å²) in [6.45, 7) is 2.13. The Morgan fingerprint density at radius 2 is 2.44 bits per heavy atom. The first-order valence-corrected chi connectivity index (χ1v) is 3.69. The lowest BCUT2D eigenvalue weighted by Gasteiger charge is -2.21. The normalized spacial score (nSPS) is 34.9. The SMILES string of the molecule is CC[C@H]1CCC=C[C@@H]1O. The van der Waals surface area contributed by atoms with Crippen LogP contribution in [0.5, 0.6) is 0 Å². The Bertz CT molecular complexity index is 107. The summed E-state index contributed by atoms with van der Waals surface area (Å²) in [5, 5.41) is 9.28. The van der Waals surface area contributed by atoms with E-state index in [0.717, 1.165) is 19.3 Å². The lowest BCUT2D eigenvalue weighted by atomic mass is 9.90. The van der Waals surface area contributed by atoms with Crippen LogP contribution in [0.1, 0.15) is 26.2 Å². The van der Waals surface area contributed by atoms with Gasteiger partial charge >= 0.3 is 0 Å². The third kappa shape index (κ3) is 1.55. The summed E-state index contributed by atoms with van der Waals surface area (Å²) in [6, 6.07) is 0. The average molecular weight is 126 g/mol. The number of hydrogen-bond donors (Lipinski definition) is 1. The fourth-order valence-electron chi connectivity index (χ4n) is 1.32. The van der Waals surface area contributed by atoms with E-state index in [2.05, 4.69) is 13.0 Å². The molecule has 1 aliphatic carbocycles. The van der Waals surface area contributed by atoms with Crippen molar-refractivity contribution in [1.29, 1.82) is 0 Å². The molecular weight excluding hydrogens is 112 g/mol. The molecule has 0 aliphatic heterocycles. The standard InChI is InChI=1S/C8H14O/c1-2-7-5-3-4-6-8(7)9/h4,6-9H,2-3,5H2,1H3/t7-,8-/m0/s1. The van der Waals surface area contributed by atoms with Crippen molar-refractivity contribution in [2.75, 3.05) is 0 Å². The summed E-state index contributed by atoms with van der Waals surface area (Å²) < 4.78 is 0. The first kappa shape index (κ1) is 6.81. The van der Waals surface area contributed by atoms with Gasteiger partial charge in [-0.05, 0) is 18.8 Å². The highest BCUT2D eigenvalue weighted by Crippen LogP contribution is 2.21. The van der Waals surface area contributed by atoms with E-state index in [0.29, 0.717) is 5.92 Å². The fraction of sp³-hybridized carbons (Fsp3) is 0.750. The van der Waals surface area contributed by atoms with Gasteiger partial charge in [0.2, 0.25) is 0 Å². The third-order valence-electron chi connectivity index (χ3n) is 2.04. The van der Waals surface area contributed by atoms with Crippen molar-refractivity contribution in [3.05, 3.63) is 12.2 Å². The lowest BCUT2D eigenvalue weighted by Crippen LogP contribution is -2.19. The highest BCUT2D eigenvalue weighted by molar-refractivity contribution is 4.96. The molecule has 0 bridgehead atoms. The van der Waals surface area contributed by atoms with Crippen molar-refractivity contribution in [1.82, 2.24) is 0 Å². The largest absolute Gasteiger partial charge is 0.389 e. The molecule has 0 heterocycles. The van der Waals surface area contributed by atoms with Crippen molar-refractivity contribution in [2.24, 2.45) is 5.92 Å². The number of aliphatic hydroxyl groups excluding tert-OH is 1. The first-order chi connectivity index (χ1) is 4.34. The number of rotatable bonds is 1. The van der Waals surface area contributed by atoms with E-state index in [9.17, 15) is 5.11 Å². The summed E-state index contributed by atoms with van der Waals surface area (Å²) >= 11 is 0. The number of allylic oxidation sites excluding steroid dienone is 1. The quantitative estimate of drug-likeness (QED) is 0.530. The average Bonchev–Trinajstić information content (AvgIpc) is 1.89. The van der Waals surface area contributed by atoms with Crippen LogP contribution in [0, 0.1) is 5.92 Å². The zero-order valence-corrected chi connectivity index (χ0v) is 5.88. The molecule has 0 radical (unpaired) electrons. The maximum atomic E-state index is 9.28. The monoisotopic (exact) mass is 126 g/mol. The first-order valence-electron chi connectivity index (χ1n) is 3.69. The Hall–Kier alpha value is -0.300. The van der Waals surface area contributed by atoms with Gasteiger partial charge in [0.15, 0.2) is 0 Å². The molecule has 1 nitrogen and oxygen atoms in total. The smallest absolute Gasteiger partial charge is 0.0749 e. The number of aliphatic hydroxyl groups is 1. The van der Waals surface area contributed by atoms with Crippen LogP contribution in [0.15, 0.2) is 12.2 Å². The zero-order valence-electron chi connectivity index (χ0n) is 5.88. The van der Waals surface area contributed by atoms with Crippen LogP contribution in [0.2, 0.25) is 0 Å². The minimum atomic E-state index is -0.163. The van der Waals surface area contributed by atoms with Crippen molar-refractivity contribution in [3.8, 4) is 0 Å². The Morgan fingerprint density at radius 3 is 2.89 bits per heavy atom. The molecular formula is C8H14O. The van der Waals surface area contributed by atoms with Crippen LogP contribution in [-0.2, 0) is 0 Å². The van der Waals surface area contributed by atoms with E-state index < -0.39 is 0 Å². The van der Waals surface area contributed by atoms with E-state index in [1.54, 1.807) is 0 Å². The van der Waals surface area contributed by atoms with Gasteiger partial charge in [-0.15, -0.1) is 0 Å². The molecule has 0 fully saturated rings. The van der Waals surface area contributed by atoms with Gasteiger partial charge in [0.05, 0.1) is 6.10 Å². The molecule has 0 spiro atoms. The van der Waals surface area contributed by atoms with E-state index in [-0.39, 0.29) is 6.10 Å². The van der Waals surface area contributed by atoms with Crippen LogP contribution < -0.4 is 0 Å². The molecule has 0 aromatic carbocycles. The molecule has 0 saturated carbocycles. The van der Waals surface area contributed by atoms with Crippen LogP contribution in [0.3, 0.4) is 0 Å². The topological polar surface area (TPSA) is 20.2 Å². The Balaban J connectivity index is 2.44. The van der Waals surface area contributed by atoms with Gasteiger partial charge in [-0.1, -0.05) is 25.5 Å². The van der Waals surface area contributed by atoms with Gasteiger partial charge in [-0.25, -0.2) is 0 Å². The van der Waals surface area contributed by atoms with E-state index in [1.807, 2.05) is 6.08 Å². The molecule has 9 heavy (non-hydrogen) atoms. The molecule has 0 aromatic rings. The molecule has 1 rings (SSSR count). The summed E-state index contributed by atoms with van der Waals surface area (Å²) in [7, 11) is 0.